The van der Waals surface area contributed by atoms with Crippen molar-refractivity contribution in [2.24, 2.45) is 10.7 Å². The third kappa shape index (κ3) is 3.57. The Morgan fingerprint density at radius 1 is 1.27 bits per heavy atom. The number of nitrogens with zero attached hydrogens (tertiary/aromatic N) is 4. The number of aromatic nitrogens is 3. The highest BCUT2D eigenvalue weighted by Gasteiger charge is 2.37. The van der Waals surface area contributed by atoms with Crippen molar-refractivity contribution in [2.45, 2.75) is 25.4 Å². The van der Waals surface area contributed by atoms with E-state index < -0.39 is 17.2 Å². The molecular weight excluding hydrogens is 435 g/mol. The second-order valence-corrected chi connectivity index (χ2v) is 7.87. The van der Waals surface area contributed by atoms with Crippen LogP contribution < -0.4 is 5.73 Å². The number of halogens is 4. The van der Waals surface area contributed by atoms with E-state index in [9.17, 15) is 13.6 Å². The number of amidine groups is 1. The number of imidazole rings is 1. The molecule has 1 aliphatic rings. The van der Waals surface area contributed by atoms with Gasteiger partial charge in [0.25, 0.3) is 0 Å². The highest BCUT2D eigenvalue weighted by molar-refractivity contribution is 6.41. The minimum Gasteiger partial charge on any atom is -0.381 e. The van der Waals surface area contributed by atoms with Crippen molar-refractivity contribution in [3.8, 4) is 0 Å². The van der Waals surface area contributed by atoms with Crippen molar-refractivity contribution >= 4 is 34.8 Å². The summed E-state index contributed by atoms with van der Waals surface area (Å²) in [6.07, 6.45) is 0.936. The van der Waals surface area contributed by atoms with E-state index in [-0.39, 0.29) is 46.1 Å². The standard InChI is InChI=1S/C20H15Cl2F2N5O/c1-20(9-29-17(22)16(21)27-19(29)18(25)28-20)12-6-10(2-4-13(12)24)7-15(30)14-5-3-11(23)8-26-14/h2-6,8H,7,9H2,1H3,(H2,25,28). The molecule has 10 heteroatoms. The van der Waals surface area contributed by atoms with Crippen LogP contribution in [0.3, 0.4) is 0 Å². The number of rotatable bonds is 4. The second kappa shape index (κ2) is 7.45. The van der Waals surface area contributed by atoms with Crippen LogP contribution in [0.1, 0.15) is 34.4 Å². The van der Waals surface area contributed by atoms with Crippen LogP contribution in [0.4, 0.5) is 8.78 Å². The van der Waals surface area contributed by atoms with Crippen molar-refractivity contribution < 1.29 is 13.6 Å². The van der Waals surface area contributed by atoms with Gasteiger partial charge < -0.3 is 10.3 Å². The number of carbonyl (C=O) groups excluding carboxylic acids is 1. The molecule has 0 saturated carbocycles. The lowest BCUT2D eigenvalue weighted by molar-refractivity contribution is 0.0988. The summed E-state index contributed by atoms with van der Waals surface area (Å²) in [7, 11) is 0. The van der Waals surface area contributed by atoms with Crippen molar-refractivity contribution in [1.82, 2.24) is 14.5 Å². The molecule has 2 N–H and O–H groups in total. The van der Waals surface area contributed by atoms with Crippen molar-refractivity contribution in [2.75, 3.05) is 0 Å². The zero-order valence-electron chi connectivity index (χ0n) is 15.7. The van der Waals surface area contributed by atoms with Crippen LogP contribution in [0.5, 0.6) is 0 Å². The first-order valence-corrected chi connectivity index (χ1v) is 9.64. The van der Waals surface area contributed by atoms with E-state index in [1.807, 2.05) is 0 Å². The van der Waals surface area contributed by atoms with Crippen LogP contribution in [0.25, 0.3) is 0 Å². The molecule has 4 rings (SSSR count). The fourth-order valence-corrected chi connectivity index (χ4v) is 3.82. The Morgan fingerprint density at radius 3 is 2.73 bits per heavy atom. The Morgan fingerprint density at radius 2 is 2.03 bits per heavy atom. The summed E-state index contributed by atoms with van der Waals surface area (Å²) >= 11 is 12.2. The van der Waals surface area contributed by atoms with Crippen LogP contribution in [0.2, 0.25) is 10.3 Å². The molecule has 0 spiro atoms. The van der Waals surface area contributed by atoms with E-state index in [4.69, 9.17) is 28.9 Å². The molecule has 6 nitrogen and oxygen atoms in total. The zero-order valence-corrected chi connectivity index (χ0v) is 17.2. The van der Waals surface area contributed by atoms with Gasteiger partial charge in [-0.15, -0.1) is 0 Å². The Kier molecular flexibility index (Phi) is 5.07. The SMILES string of the molecule is CC1(c2cc(CC(=O)c3ccc(F)cn3)ccc2F)Cn2c(nc(Cl)c2Cl)C(N)=N1. The summed E-state index contributed by atoms with van der Waals surface area (Å²) in [5.74, 6) is -0.966. The van der Waals surface area contributed by atoms with Gasteiger partial charge in [-0.2, -0.15) is 0 Å². The van der Waals surface area contributed by atoms with Crippen molar-refractivity contribution in [3.63, 3.8) is 0 Å². The highest BCUT2D eigenvalue weighted by atomic mass is 35.5. The van der Waals surface area contributed by atoms with Crippen LogP contribution >= 0.6 is 23.2 Å². The molecular formula is C20H15Cl2F2N5O. The summed E-state index contributed by atoms with van der Waals surface area (Å²) in [6.45, 7) is 1.87. The average molecular weight is 450 g/mol. The number of carbonyl (C=O) groups is 1. The van der Waals surface area contributed by atoms with Crippen molar-refractivity contribution in [3.05, 3.63) is 81.1 Å². The molecule has 1 atom stereocenters. The molecule has 154 valence electrons. The van der Waals surface area contributed by atoms with Gasteiger partial charge in [0.2, 0.25) is 0 Å². The molecule has 3 heterocycles. The quantitative estimate of drug-likeness (QED) is 0.611. The van der Waals surface area contributed by atoms with E-state index >= 15 is 0 Å². The molecule has 30 heavy (non-hydrogen) atoms. The molecule has 2 aromatic heterocycles. The molecule has 0 bridgehead atoms. The van der Waals surface area contributed by atoms with E-state index in [1.54, 1.807) is 17.6 Å². The fraction of sp³-hybridized carbons (Fsp3) is 0.200. The molecule has 3 aromatic rings. The number of aliphatic imine (C=N–C) groups is 1. The number of nitrogens with two attached hydrogens (primary N) is 1. The number of hydrogen-bond donors (Lipinski definition) is 1. The van der Waals surface area contributed by atoms with Gasteiger partial charge in [0.1, 0.15) is 28.0 Å². The lowest BCUT2D eigenvalue weighted by Crippen LogP contribution is -2.38. The molecule has 0 aliphatic carbocycles. The second-order valence-electron chi connectivity index (χ2n) is 7.15. The van der Waals surface area contributed by atoms with E-state index in [0.717, 1.165) is 12.3 Å². The minimum atomic E-state index is -1.10. The van der Waals surface area contributed by atoms with Crippen LogP contribution in [-0.2, 0) is 18.5 Å². The van der Waals surface area contributed by atoms with Gasteiger partial charge in [0.15, 0.2) is 22.6 Å². The van der Waals surface area contributed by atoms with Crippen LogP contribution in [0.15, 0.2) is 41.5 Å². The van der Waals surface area contributed by atoms with Crippen LogP contribution in [0, 0.1) is 11.6 Å². The lowest BCUT2D eigenvalue weighted by Gasteiger charge is -2.32. The first-order chi connectivity index (χ1) is 14.2. The highest BCUT2D eigenvalue weighted by Crippen LogP contribution is 2.37. The van der Waals surface area contributed by atoms with Gasteiger partial charge >= 0.3 is 0 Å². The zero-order chi connectivity index (χ0) is 21.6. The normalized spacial score (nSPS) is 18.1. The Labute approximate surface area is 180 Å². The number of ketones is 1. The molecule has 1 unspecified atom stereocenters. The van der Waals surface area contributed by atoms with Gasteiger partial charge in [-0.1, -0.05) is 29.3 Å². The van der Waals surface area contributed by atoms with Crippen LogP contribution in [-0.4, -0.2) is 26.2 Å². The Bertz CT molecular complexity index is 1190. The number of hydrogen-bond acceptors (Lipinski definition) is 5. The summed E-state index contributed by atoms with van der Waals surface area (Å²) in [5.41, 5.74) is 5.86. The molecule has 0 amide bonds. The van der Waals surface area contributed by atoms with Crippen molar-refractivity contribution in [1.29, 1.82) is 0 Å². The van der Waals surface area contributed by atoms with Gasteiger partial charge in [-0.05, 0) is 36.8 Å². The largest absolute Gasteiger partial charge is 0.381 e. The topological polar surface area (TPSA) is 86.2 Å². The molecule has 0 fully saturated rings. The van der Waals surface area contributed by atoms with Gasteiger partial charge in [0.05, 0.1) is 12.7 Å². The first-order valence-electron chi connectivity index (χ1n) is 8.89. The van der Waals surface area contributed by atoms with E-state index in [1.165, 1.54) is 18.2 Å². The van der Waals surface area contributed by atoms with E-state index in [2.05, 4.69) is 15.0 Å². The average Bonchev–Trinajstić information content (AvgIpc) is 2.98. The van der Waals surface area contributed by atoms with E-state index in [0.29, 0.717) is 11.4 Å². The summed E-state index contributed by atoms with van der Waals surface area (Å²) in [4.78, 5) is 24.8. The van der Waals surface area contributed by atoms with Gasteiger partial charge in [0, 0.05) is 12.0 Å². The maximum atomic E-state index is 14.8. The number of fused-ring (bicyclic) bond motifs is 1. The number of benzene rings is 1. The predicted molar refractivity (Wildman–Crippen MR) is 109 cm³/mol. The third-order valence-corrected chi connectivity index (χ3v) is 5.66. The summed E-state index contributed by atoms with van der Waals surface area (Å²) in [5, 5.41) is 0.269. The third-order valence-electron chi connectivity index (χ3n) is 4.92. The van der Waals surface area contributed by atoms with Gasteiger partial charge in [-0.25, -0.2) is 13.8 Å². The lowest BCUT2D eigenvalue weighted by atomic mass is 9.88. The van der Waals surface area contributed by atoms with Gasteiger partial charge in [-0.3, -0.25) is 14.8 Å². The molecule has 1 aliphatic heterocycles. The first kappa shape index (κ1) is 20.4. The summed E-state index contributed by atoms with van der Waals surface area (Å²) < 4.78 is 29.4. The molecule has 0 saturated heterocycles. The Hall–Kier alpha value is -2.84. The number of pyridine rings is 1. The Balaban J connectivity index is 1.68. The monoisotopic (exact) mass is 449 g/mol. The fourth-order valence-electron chi connectivity index (χ4n) is 3.46. The molecule has 0 radical (unpaired) electrons. The number of Topliss-reactive ketones (excluding diaryl/α,β-unsaturated/α-hetero) is 1. The summed E-state index contributed by atoms with van der Waals surface area (Å²) in [6, 6.07) is 6.80. The molecule has 1 aromatic carbocycles. The maximum absolute atomic E-state index is 14.8. The smallest absolute Gasteiger partial charge is 0.185 e. The minimum absolute atomic E-state index is 0.0376. The predicted octanol–water partition coefficient (Wildman–Crippen LogP) is 3.92. The maximum Gasteiger partial charge on any atom is 0.185 e.